The van der Waals surface area contributed by atoms with Crippen LogP contribution in [0.3, 0.4) is 0 Å². The molecule has 0 saturated heterocycles. The van der Waals surface area contributed by atoms with Crippen molar-refractivity contribution in [3.8, 4) is 0 Å². The van der Waals surface area contributed by atoms with Gasteiger partial charge in [-0.25, -0.2) is 0 Å². The summed E-state index contributed by atoms with van der Waals surface area (Å²) in [6.07, 6.45) is 0. The van der Waals surface area contributed by atoms with Crippen molar-refractivity contribution in [2.75, 3.05) is 0 Å². The van der Waals surface area contributed by atoms with Gasteiger partial charge < -0.3 is 0 Å². The number of rotatable bonds is 0. The van der Waals surface area contributed by atoms with Crippen molar-refractivity contribution in [1.29, 1.82) is 0 Å². The summed E-state index contributed by atoms with van der Waals surface area (Å²) in [6.45, 7) is 4.06. The van der Waals surface area contributed by atoms with E-state index < -0.39 is 0 Å². The smallest absolute Gasteiger partial charge is 0 e. The third-order valence-electron chi connectivity index (χ3n) is 0. The van der Waals surface area contributed by atoms with Gasteiger partial charge in [-0.1, -0.05) is 13.8 Å². The van der Waals surface area contributed by atoms with E-state index in [-0.39, 0.29) is 18.9 Å². The molecule has 0 rings (SSSR count). The summed E-state index contributed by atoms with van der Waals surface area (Å²) in [5, 5.41) is 0.528. The van der Waals surface area contributed by atoms with Crippen LogP contribution in [0, 0.1) is 0 Å². The zero-order valence-corrected chi connectivity index (χ0v) is 4.92. The van der Waals surface area contributed by atoms with Gasteiger partial charge in [-0.05, 0) is 5.25 Å². The Balaban J connectivity index is 0. The Hall–Kier alpha value is 0.947. The van der Waals surface area contributed by atoms with Gasteiger partial charge in [0.05, 0.1) is 0 Å². The predicted molar refractivity (Wildman–Crippen MR) is 29.9 cm³/mol. The van der Waals surface area contributed by atoms with Gasteiger partial charge in [-0.2, -0.15) is 12.6 Å². The molecule has 0 atom stereocenters. The first-order valence-corrected chi connectivity index (χ1v) is 1.93. The maximum atomic E-state index is 3.97. The van der Waals surface area contributed by atoms with Crippen molar-refractivity contribution in [3.63, 3.8) is 0 Å². The molecule has 5 heavy (non-hydrogen) atoms. The fourth-order valence-corrected chi connectivity index (χ4v) is 0. The fourth-order valence-electron chi connectivity index (χ4n) is 0. The van der Waals surface area contributed by atoms with E-state index in [0.29, 0.717) is 5.25 Å². The molecular weight excluding hydrogens is 75.0 g/mol. The van der Waals surface area contributed by atoms with Gasteiger partial charge in [0.25, 0.3) is 0 Å². The first kappa shape index (κ1) is 9.34. The third-order valence-corrected chi connectivity index (χ3v) is 0. The van der Waals surface area contributed by atoms with Gasteiger partial charge in [0.2, 0.25) is 0 Å². The first-order valence-electron chi connectivity index (χ1n) is 1.41. The van der Waals surface area contributed by atoms with Gasteiger partial charge in [0, 0.05) is 18.9 Å². The minimum atomic E-state index is 0. The summed E-state index contributed by atoms with van der Waals surface area (Å²) in [4.78, 5) is 0. The molecular formula is C3H8LiS. The van der Waals surface area contributed by atoms with Crippen molar-refractivity contribution < 1.29 is 0 Å². The molecule has 0 bridgehead atoms. The molecule has 0 aliphatic carbocycles. The van der Waals surface area contributed by atoms with Crippen LogP contribution in [0.2, 0.25) is 0 Å². The Morgan fingerprint density at radius 3 is 1.40 bits per heavy atom. The van der Waals surface area contributed by atoms with Crippen LogP contribution in [0.4, 0.5) is 0 Å². The van der Waals surface area contributed by atoms with Gasteiger partial charge in [0.15, 0.2) is 0 Å². The monoisotopic (exact) mass is 83.1 g/mol. The zero-order valence-electron chi connectivity index (χ0n) is 4.02. The van der Waals surface area contributed by atoms with E-state index in [4.69, 9.17) is 0 Å². The molecule has 0 nitrogen and oxygen atoms in total. The average molecular weight is 83.1 g/mol. The van der Waals surface area contributed by atoms with Crippen molar-refractivity contribution in [1.82, 2.24) is 0 Å². The zero-order chi connectivity index (χ0) is 3.58. The molecule has 0 aliphatic rings. The molecule has 0 heterocycles. The largest absolute Gasteiger partial charge is 0.177 e. The summed E-state index contributed by atoms with van der Waals surface area (Å²) < 4.78 is 0. The fraction of sp³-hybridized carbons (Fsp3) is 1.00. The molecule has 0 fully saturated rings. The molecule has 0 aromatic rings. The molecule has 0 spiro atoms. The van der Waals surface area contributed by atoms with Crippen LogP contribution in [-0.4, -0.2) is 24.1 Å². The molecule has 1 radical (unpaired) electrons. The van der Waals surface area contributed by atoms with Crippen LogP contribution in [0.25, 0.3) is 0 Å². The topological polar surface area (TPSA) is 0 Å². The summed E-state index contributed by atoms with van der Waals surface area (Å²) in [5.41, 5.74) is 0. The van der Waals surface area contributed by atoms with Crippen molar-refractivity contribution >= 4 is 31.5 Å². The quantitative estimate of drug-likeness (QED) is 0.327. The minimum Gasteiger partial charge on any atom is -0.177 e. The molecule has 0 unspecified atom stereocenters. The van der Waals surface area contributed by atoms with E-state index in [1.807, 2.05) is 13.8 Å². The molecule has 0 aromatic heterocycles. The van der Waals surface area contributed by atoms with Crippen LogP contribution in [0.15, 0.2) is 0 Å². The van der Waals surface area contributed by atoms with Crippen molar-refractivity contribution in [3.05, 3.63) is 0 Å². The SMILES string of the molecule is CC(C)S.[Li]. The molecule has 0 N–H and O–H groups in total. The Morgan fingerprint density at radius 2 is 1.40 bits per heavy atom. The van der Waals surface area contributed by atoms with Gasteiger partial charge in [-0.15, -0.1) is 0 Å². The third kappa shape index (κ3) is 47.9. The van der Waals surface area contributed by atoms with E-state index >= 15 is 0 Å². The van der Waals surface area contributed by atoms with E-state index in [2.05, 4.69) is 12.6 Å². The average Bonchev–Trinajstić information content (AvgIpc) is 0.811. The second-order valence-corrected chi connectivity index (χ2v) is 2.13. The van der Waals surface area contributed by atoms with Crippen LogP contribution in [-0.2, 0) is 0 Å². The summed E-state index contributed by atoms with van der Waals surface area (Å²) in [5.74, 6) is 0. The summed E-state index contributed by atoms with van der Waals surface area (Å²) in [6, 6.07) is 0. The van der Waals surface area contributed by atoms with Gasteiger partial charge in [0.1, 0.15) is 0 Å². The molecule has 0 saturated carbocycles. The van der Waals surface area contributed by atoms with Crippen molar-refractivity contribution in [2.24, 2.45) is 0 Å². The van der Waals surface area contributed by atoms with Crippen LogP contribution in [0.1, 0.15) is 13.8 Å². The number of hydrogen-bond donors (Lipinski definition) is 1. The Kier molecular flexibility index (Phi) is 9.24. The summed E-state index contributed by atoms with van der Waals surface area (Å²) in [7, 11) is 0. The second kappa shape index (κ2) is 4.95. The Morgan fingerprint density at radius 1 is 1.40 bits per heavy atom. The Bertz CT molecular complexity index is 11.6. The maximum absolute atomic E-state index is 3.97. The number of hydrogen-bond acceptors (Lipinski definition) is 1. The molecule has 0 amide bonds. The van der Waals surface area contributed by atoms with Gasteiger partial charge >= 0.3 is 0 Å². The van der Waals surface area contributed by atoms with E-state index in [9.17, 15) is 0 Å². The normalized spacial score (nSPS) is 7.20. The molecule has 27 valence electrons. The standard InChI is InChI=1S/C3H8S.Li/c1-3(2)4;/h3-4H,1-2H3;. The van der Waals surface area contributed by atoms with Gasteiger partial charge in [-0.3, -0.25) is 0 Å². The van der Waals surface area contributed by atoms with Crippen molar-refractivity contribution in [2.45, 2.75) is 19.1 Å². The summed E-state index contributed by atoms with van der Waals surface area (Å²) >= 11 is 3.97. The predicted octanol–water partition coefficient (Wildman–Crippen LogP) is 0.944. The van der Waals surface area contributed by atoms with E-state index in [1.54, 1.807) is 0 Å². The first-order chi connectivity index (χ1) is 1.73. The minimum absolute atomic E-state index is 0. The van der Waals surface area contributed by atoms with Crippen LogP contribution in [0.5, 0.6) is 0 Å². The Labute approximate surface area is 50.9 Å². The van der Waals surface area contributed by atoms with E-state index in [0.717, 1.165) is 0 Å². The molecule has 0 aromatic carbocycles. The second-order valence-electron chi connectivity index (χ2n) is 1.09. The molecule has 2 heteroatoms. The number of thiol groups is 1. The molecule has 0 aliphatic heterocycles. The van der Waals surface area contributed by atoms with Crippen LogP contribution < -0.4 is 0 Å². The van der Waals surface area contributed by atoms with E-state index in [1.165, 1.54) is 0 Å². The maximum Gasteiger partial charge on any atom is 0 e. The van der Waals surface area contributed by atoms with Crippen LogP contribution >= 0.6 is 12.6 Å².